The molecule has 0 N–H and O–H groups in total. The third-order valence-electron chi connectivity index (χ3n) is 1.83. The van der Waals surface area contributed by atoms with E-state index >= 15 is 0 Å². The highest BCUT2D eigenvalue weighted by Gasteiger charge is 2.14. The number of methoxy groups -OCH3 is 1. The maximum absolute atomic E-state index is 11.2. The van der Waals surface area contributed by atoms with Gasteiger partial charge in [0.25, 0.3) is 0 Å². The van der Waals surface area contributed by atoms with Crippen LogP contribution in [0.5, 0.6) is 11.5 Å². The fraction of sp³-hybridized carbons (Fsp3) is 0.462. The number of carbonyl (C=O) groups excluding carboxylic acids is 1. The van der Waals surface area contributed by atoms with Crippen molar-refractivity contribution in [2.75, 3.05) is 13.7 Å². The highest BCUT2D eigenvalue weighted by Crippen LogP contribution is 2.16. The lowest BCUT2D eigenvalue weighted by Gasteiger charge is -2.15. The van der Waals surface area contributed by atoms with Crippen molar-refractivity contribution in [2.45, 2.75) is 26.4 Å². The van der Waals surface area contributed by atoms with Gasteiger partial charge >= 0.3 is 5.97 Å². The van der Waals surface area contributed by atoms with E-state index in [1.807, 2.05) is 0 Å². The van der Waals surface area contributed by atoms with Gasteiger partial charge in [-0.3, -0.25) is 4.89 Å². The zero-order chi connectivity index (χ0) is 14.3. The average molecular weight is 270 g/mol. The van der Waals surface area contributed by atoms with E-state index in [2.05, 4.69) is 9.93 Å². The molecule has 6 nitrogen and oxygen atoms in total. The van der Waals surface area contributed by atoms with Crippen LogP contribution >= 0.6 is 0 Å². The molecule has 0 heterocycles. The molecule has 0 spiro atoms. The van der Waals surface area contributed by atoms with Crippen LogP contribution in [0.4, 0.5) is 0 Å². The first-order chi connectivity index (χ1) is 8.90. The second-order valence-corrected chi connectivity index (χ2v) is 4.68. The van der Waals surface area contributed by atoms with Crippen LogP contribution in [0.2, 0.25) is 0 Å². The molecule has 0 fully saturated rings. The number of benzene rings is 1. The molecule has 0 amide bonds. The summed E-state index contributed by atoms with van der Waals surface area (Å²) in [7, 11) is 1.57. The predicted octanol–water partition coefficient (Wildman–Crippen LogP) is 2.28. The standard InChI is InChI=1S/C13H18O6/c1-13(2,3)18-19-17-12(14)9-16-11-7-5-10(15-4)6-8-11/h5-8H,9H2,1-4H3. The molecule has 0 aliphatic carbocycles. The van der Waals surface area contributed by atoms with E-state index in [-0.39, 0.29) is 6.61 Å². The first-order valence-corrected chi connectivity index (χ1v) is 5.73. The van der Waals surface area contributed by atoms with Crippen LogP contribution in [0.1, 0.15) is 20.8 Å². The maximum Gasteiger partial charge on any atom is 0.382 e. The lowest BCUT2D eigenvalue weighted by atomic mass is 10.2. The minimum absolute atomic E-state index is 0.278. The average Bonchev–Trinajstić information content (AvgIpc) is 2.35. The predicted molar refractivity (Wildman–Crippen MR) is 66.5 cm³/mol. The molecule has 0 saturated carbocycles. The summed E-state index contributed by atoms with van der Waals surface area (Å²) in [5.41, 5.74) is -0.558. The SMILES string of the molecule is COc1ccc(OCC(=O)OOOC(C)(C)C)cc1. The number of hydrogen-bond acceptors (Lipinski definition) is 6. The van der Waals surface area contributed by atoms with Crippen LogP contribution in [-0.4, -0.2) is 25.3 Å². The van der Waals surface area contributed by atoms with E-state index in [1.165, 1.54) is 0 Å². The Balaban J connectivity index is 2.26. The molecule has 0 aliphatic rings. The minimum atomic E-state index is -0.694. The molecule has 19 heavy (non-hydrogen) atoms. The highest BCUT2D eigenvalue weighted by atomic mass is 17.5. The molecular formula is C13H18O6. The minimum Gasteiger partial charge on any atom is -0.497 e. The third-order valence-corrected chi connectivity index (χ3v) is 1.83. The van der Waals surface area contributed by atoms with Crippen LogP contribution in [0, 0.1) is 0 Å². The van der Waals surface area contributed by atoms with Crippen molar-refractivity contribution in [3.05, 3.63) is 24.3 Å². The molecule has 0 bridgehead atoms. The van der Waals surface area contributed by atoms with Crippen molar-refractivity contribution >= 4 is 5.97 Å². The van der Waals surface area contributed by atoms with Gasteiger partial charge in [0.1, 0.15) is 11.5 Å². The van der Waals surface area contributed by atoms with Crippen molar-refractivity contribution in [3.8, 4) is 11.5 Å². The van der Waals surface area contributed by atoms with Crippen LogP contribution in [0.3, 0.4) is 0 Å². The topological polar surface area (TPSA) is 63.2 Å². The fourth-order valence-electron chi connectivity index (χ4n) is 0.995. The van der Waals surface area contributed by atoms with Crippen molar-refractivity contribution in [1.29, 1.82) is 0 Å². The summed E-state index contributed by atoms with van der Waals surface area (Å²) in [6.45, 7) is 5.00. The first kappa shape index (κ1) is 15.3. The monoisotopic (exact) mass is 270 g/mol. The molecule has 0 aromatic heterocycles. The summed E-state index contributed by atoms with van der Waals surface area (Å²) in [5.74, 6) is 0.534. The maximum atomic E-state index is 11.2. The Labute approximate surface area is 112 Å². The Hall–Kier alpha value is -1.79. The van der Waals surface area contributed by atoms with Crippen LogP contribution < -0.4 is 9.47 Å². The zero-order valence-corrected chi connectivity index (χ0v) is 11.5. The van der Waals surface area contributed by atoms with Crippen molar-refractivity contribution in [1.82, 2.24) is 0 Å². The van der Waals surface area contributed by atoms with Crippen LogP contribution in [-0.2, 0) is 19.6 Å². The fourth-order valence-corrected chi connectivity index (χ4v) is 0.995. The second-order valence-electron chi connectivity index (χ2n) is 4.68. The van der Waals surface area contributed by atoms with Gasteiger partial charge in [-0.15, -0.1) is 0 Å². The molecular weight excluding hydrogens is 252 g/mol. The summed E-state index contributed by atoms with van der Waals surface area (Å²) in [4.78, 5) is 20.4. The van der Waals surface area contributed by atoms with Crippen LogP contribution in [0.25, 0.3) is 0 Å². The molecule has 1 rings (SSSR count). The van der Waals surface area contributed by atoms with Crippen LogP contribution in [0.15, 0.2) is 24.3 Å². The number of carbonyl (C=O) groups is 1. The third kappa shape index (κ3) is 6.64. The smallest absolute Gasteiger partial charge is 0.382 e. The number of rotatable bonds is 6. The highest BCUT2D eigenvalue weighted by molar-refractivity contribution is 5.70. The van der Waals surface area contributed by atoms with Gasteiger partial charge in [0.2, 0.25) is 0 Å². The van der Waals surface area contributed by atoms with E-state index in [0.29, 0.717) is 11.5 Å². The van der Waals surface area contributed by atoms with Crippen molar-refractivity contribution in [3.63, 3.8) is 0 Å². The van der Waals surface area contributed by atoms with E-state index < -0.39 is 11.6 Å². The van der Waals surface area contributed by atoms with E-state index in [9.17, 15) is 4.79 Å². The van der Waals surface area contributed by atoms with Crippen molar-refractivity contribution in [2.24, 2.45) is 0 Å². The van der Waals surface area contributed by atoms with Gasteiger partial charge in [0.15, 0.2) is 6.61 Å². The Bertz CT molecular complexity index is 393. The molecule has 0 saturated heterocycles. The Kier molecular flexibility index (Phi) is 5.59. The molecule has 0 unspecified atom stereocenters. The molecule has 6 heteroatoms. The summed E-state index contributed by atoms with van der Waals surface area (Å²) in [6, 6.07) is 6.80. The summed E-state index contributed by atoms with van der Waals surface area (Å²) in [6.07, 6.45) is 0. The molecule has 0 aliphatic heterocycles. The lowest BCUT2D eigenvalue weighted by Crippen LogP contribution is -2.22. The summed E-state index contributed by atoms with van der Waals surface area (Å²) >= 11 is 0. The second kappa shape index (κ2) is 6.96. The Morgan fingerprint density at radius 3 is 2.21 bits per heavy atom. The van der Waals surface area contributed by atoms with E-state index in [1.54, 1.807) is 52.1 Å². The number of hydrogen-bond donors (Lipinski definition) is 0. The molecule has 1 aromatic carbocycles. The Morgan fingerprint density at radius 1 is 1.11 bits per heavy atom. The normalized spacial score (nSPS) is 10.9. The molecule has 0 radical (unpaired) electrons. The van der Waals surface area contributed by atoms with Gasteiger partial charge < -0.3 is 9.47 Å². The molecule has 0 atom stereocenters. The quantitative estimate of drug-likeness (QED) is 0.583. The van der Waals surface area contributed by atoms with Gasteiger partial charge in [0, 0.05) is 0 Å². The van der Waals surface area contributed by atoms with E-state index in [0.717, 1.165) is 0 Å². The zero-order valence-electron chi connectivity index (χ0n) is 11.5. The van der Waals surface area contributed by atoms with E-state index in [4.69, 9.17) is 14.4 Å². The molecule has 1 aromatic rings. The van der Waals surface area contributed by atoms with Gasteiger partial charge in [-0.25, -0.2) is 4.79 Å². The van der Waals surface area contributed by atoms with Crippen molar-refractivity contribution < 1.29 is 29.1 Å². The van der Waals surface area contributed by atoms with Gasteiger partial charge in [-0.2, -0.15) is 4.89 Å². The number of ether oxygens (including phenoxy) is 2. The summed E-state index contributed by atoms with van der Waals surface area (Å²) < 4.78 is 10.2. The van der Waals surface area contributed by atoms with Gasteiger partial charge in [-0.1, -0.05) is 0 Å². The van der Waals surface area contributed by atoms with Gasteiger partial charge in [0.05, 0.1) is 12.7 Å². The largest absolute Gasteiger partial charge is 0.497 e. The van der Waals surface area contributed by atoms with Gasteiger partial charge in [-0.05, 0) is 50.1 Å². The Morgan fingerprint density at radius 2 is 1.68 bits per heavy atom. The molecule has 106 valence electrons. The lowest BCUT2D eigenvalue weighted by molar-refractivity contribution is -0.514. The summed E-state index contributed by atoms with van der Waals surface area (Å²) in [5, 5.41) is 4.34. The first-order valence-electron chi connectivity index (χ1n) is 5.73.